The molecule has 6 heteroatoms. The van der Waals surface area contributed by atoms with E-state index in [0.717, 1.165) is 25.0 Å². The second-order valence-corrected chi connectivity index (χ2v) is 5.17. The van der Waals surface area contributed by atoms with Crippen LogP contribution < -0.4 is 5.32 Å². The van der Waals surface area contributed by atoms with E-state index in [2.05, 4.69) is 10.4 Å². The number of ether oxygens (including phenoxy) is 1. The van der Waals surface area contributed by atoms with Crippen molar-refractivity contribution in [2.45, 2.75) is 38.5 Å². The molecule has 0 unspecified atom stereocenters. The van der Waals surface area contributed by atoms with Gasteiger partial charge in [-0.3, -0.25) is 4.68 Å². The highest BCUT2D eigenvalue weighted by atomic mass is 16.5. The summed E-state index contributed by atoms with van der Waals surface area (Å²) in [5.41, 5.74) is 1.02. The highest BCUT2D eigenvalue weighted by Gasteiger charge is 2.24. The molecule has 1 aliphatic rings. The number of carbonyl (C=O) groups is 1. The number of carbonyl (C=O) groups excluding carboxylic acids is 1. The molecule has 0 saturated carbocycles. The van der Waals surface area contributed by atoms with E-state index < -0.39 is 0 Å². The summed E-state index contributed by atoms with van der Waals surface area (Å²) in [5.74, 6) is 0. The maximum atomic E-state index is 12.1. The molecule has 2 atom stereocenters. The van der Waals surface area contributed by atoms with Crippen molar-refractivity contribution in [1.29, 1.82) is 0 Å². The number of hydrogen-bond donors (Lipinski definition) is 1. The summed E-state index contributed by atoms with van der Waals surface area (Å²) in [5, 5.41) is 7.07. The molecular weight excluding hydrogens is 244 g/mol. The molecule has 1 aliphatic heterocycles. The molecule has 2 rings (SSSR count). The van der Waals surface area contributed by atoms with Crippen LogP contribution in [0.4, 0.5) is 4.79 Å². The molecule has 106 valence electrons. The van der Waals surface area contributed by atoms with Gasteiger partial charge >= 0.3 is 6.03 Å². The minimum atomic E-state index is -0.0770. The number of nitrogens with zero attached hydrogens (tertiary/aromatic N) is 3. The van der Waals surface area contributed by atoms with E-state index in [1.165, 1.54) is 0 Å². The first-order valence-corrected chi connectivity index (χ1v) is 6.67. The van der Waals surface area contributed by atoms with Gasteiger partial charge in [-0.1, -0.05) is 0 Å². The lowest BCUT2D eigenvalue weighted by Gasteiger charge is -2.24. The van der Waals surface area contributed by atoms with Crippen molar-refractivity contribution in [1.82, 2.24) is 20.0 Å². The Morgan fingerprint density at radius 3 is 3.11 bits per heavy atom. The summed E-state index contributed by atoms with van der Waals surface area (Å²) >= 11 is 0. The number of nitrogens with one attached hydrogen (secondary N) is 1. The Hall–Kier alpha value is -1.56. The van der Waals surface area contributed by atoms with Gasteiger partial charge in [0.05, 0.1) is 24.9 Å². The van der Waals surface area contributed by atoms with Crippen molar-refractivity contribution in [3.05, 3.63) is 18.0 Å². The monoisotopic (exact) mass is 266 g/mol. The number of hydrogen-bond acceptors (Lipinski definition) is 3. The van der Waals surface area contributed by atoms with Crippen LogP contribution in [0.5, 0.6) is 0 Å². The number of aryl methyl sites for hydroxylation is 1. The van der Waals surface area contributed by atoms with Crippen molar-refractivity contribution in [2.24, 2.45) is 7.05 Å². The predicted molar refractivity (Wildman–Crippen MR) is 71.6 cm³/mol. The van der Waals surface area contributed by atoms with Gasteiger partial charge in [-0.05, 0) is 19.8 Å². The van der Waals surface area contributed by atoms with Crippen LogP contribution in [0, 0.1) is 0 Å². The third-order valence-corrected chi connectivity index (χ3v) is 3.40. The fourth-order valence-corrected chi connectivity index (χ4v) is 2.29. The maximum Gasteiger partial charge on any atom is 0.317 e. The lowest BCUT2D eigenvalue weighted by atomic mass is 10.1. The lowest BCUT2D eigenvalue weighted by molar-refractivity contribution is 0.0838. The molecule has 0 spiro atoms. The molecule has 1 aromatic rings. The van der Waals surface area contributed by atoms with E-state index in [-0.39, 0.29) is 18.2 Å². The summed E-state index contributed by atoms with van der Waals surface area (Å²) in [4.78, 5) is 13.7. The van der Waals surface area contributed by atoms with Crippen LogP contribution in [0.2, 0.25) is 0 Å². The Morgan fingerprint density at radius 2 is 2.53 bits per heavy atom. The van der Waals surface area contributed by atoms with E-state index in [1.54, 1.807) is 22.8 Å². The van der Waals surface area contributed by atoms with Crippen LogP contribution in [0.1, 0.15) is 25.3 Å². The Morgan fingerprint density at radius 1 is 1.74 bits per heavy atom. The fraction of sp³-hybridized carbons (Fsp3) is 0.692. The zero-order valence-electron chi connectivity index (χ0n) is 11.8. The Bertz CT molecular complexity index is 426. The van der Waals surface area contributed by atoms with Gasteiger partial charge in [0, 0.05) is 32.5 Å². The average molecular weight is 266 g/mol. The van der Waals surface area contributed by atoms with Gasteiger partial charge in [0.2, 0.25) is 0 Å². The molecule has 19 heavy (non-hydrogen) atoms. The first-order valence-electron chi connectivity index (χ1n) is 6.67. The van der Waals surface area contributed by atoms with Crippen molar-refractivity contribution in [3.8, 4) is 0 Å². The fourth-order valence-electron chi connectivity index (χ4n) is 2.29. The van der Waals surface area contributed by atoms with Crippen LogP contribution in [0.3, 0.4) is 0 Å². The summed E-state index contributed by atoms with van der Waals surface area (Å²) in [7, 11) is 3.65. The zero-order chi connectivity index (χ0) is 13.8. The molecule has 0 radical (unpaired) electrons. The van der Waals surface area contributed by atoms with Gasteiger partial charge in [-0.2, -0.15) is 5.10 Å². The summed E-state index contributed by atoms with van der Waals surface area (Å²) in [6.07, 6.45) is 5.93. The third kappa shape index (κ3) is 3.70. The minimum absolute atomic E-state index is 0.0475. The Kier molecular flexibility index (Phi) is 4.42. The average Bonchev–Trinajstić information content (AvgIpc) is 3.00. The third-order valence-electron chi connectivity index (χ3n) is 3.40. The van der Waals surface area contributed by atoms with Crippen molar-refractivity contribution < 1.29 is 9.53 Å². The summed E-state index contributed by atoms with van der Waals surface area (Å²) < 4.78 is 7.30. The Balaban J connectivity index is 1.81. The summed E-state index contributed by atoms with van der Waals surface area (Å²) in [6, 6.07) is -0.0294. The van der Waals surface area contributed by atoms with Gasteiger partial charge in [0.1, 0.15) is 0 Å². The van der Waals surface area contributed by atoms with Crippen LogP contribution in [0.25, 0.3) is 0 Å². The second-order valence-electron chi connectivity index (χ2n) is 5.17. The van der Waals surface area contributed by atoms with Crippen LogP contribution in [0.15, 0.2) is 12.4 Å². The number of urea groups is 1. The van der Waals surface area contributed by atoms with Crippen LogP contribution in [-0.4, -0.2) is 46.5 Å². The van der Waals surface area contributed by atoms with Gasteiger partial charge in [-0.15, -0.1) is 0 Å². The maximum absolute atomic E-state index is 12.1. The van der Waals surface area contributed by atoms with E-state index in [0.29, 0.717) is 6.54 Å². The molecular formula is C13H22N4O2. The molecule has 1 saturated heterocycles. The van der Waals surface area contributed by atoms with E-state index in [4.69, 9.17) is 4.74 Å². The molecule has 6 nitrogen and oxygen atoms in total. The highest BCUT2D eigenvalue weighted by Crippen LogP contribution is 2.15. The van der Waals surface area contributed by atoms with Crippen molar-refractivity contribution in [2.75, 3.05) is 13.7 Å². The molecule has 1 N–H and O–H groups in total. The standard InChI is InChI=1S/C13H22N4O2/c1-10(12-5-4-6-19-12)15-13(18)16(2)8-11-7-14-17(3)9-11/h7,9-10,12H,4-6,8H2,1-3H3,(H,15,18)/t10-,12+/m0/s1. The number of aromatic nitrogens is 2. The first kappa shape index (κ1) is 13.9. The lowest BCUT2D eigenvalue weighted by Crippen LogP contribution is -2.46. The highest BCUT2D eigenvalue weighted by molar-refractivity contribution is 5.74. The first-order chi connectivity index (χ1) is 9.06. The van der Waals surface area contributed by atoms with Gasteiger partial charge < -0.3 is 15.0 Å². The normalized spacial score (nSPS) is 20.3. The van der Waals surface area contributed by atoms with Gasteiger partial charge in [0.25, 0.3) is 0 Å². The Labute approximate surface area is 113 Å². The number of amides is 2. The van der Waals surface area contributed by atoms with Gasteiger partial charge in [0.15, 0.2) is 0 Å². The topological polar surface area (TPSA) is 59.4 Å². The molecule has 0 aromatic carbocycles. The largest absolute Gasteiger partial charge is 0.376 e. The molecule has 2 heterocycles. The molecule has 1 fully saturated rings. The smallest absolute Gasteiger partial charge is 0.317 e. The quantitative estimate of drug-likeness (QED) is 0.888. The van der Waals surface area contributed by atoms with Crippen LogP contribution >= 0.6 is 0 Å². The summed E-state index contributed by atoms with van der Waals surface area (Å²) in [6.45, 7) is 3.35. The molecule has 0 bridgehead atoms. The SMILES string of the molecule is C[C@H](NC(=O)N(C)Cc1cnn(C)c1)[C@H]1CCCO1. The molecule has 2 amide bonds. The number of rotatable bonds is 4. The molecule has 1 aromatic heterocycles. The van der Waals surface area contributed by atoms with Crippen LogP contribution in [-0.2, 0) is 18.3 Å². The van der Waals surface area contributed by atoms with E-state index in [1.807, 2.05) is 20.2 Å². The minimum Gasteiger partial charge on any atom is -0.376 e. The van der Waals surface area contributed by atoms with E-state index in [9.17, 15) is 4.79 Å². The van der Waals surface area contributed by atoms with Gasteiger partial charge in [-0.25, -0.2) is 4.79 Å². The van der Waals surface area contributed by atoms with Crippen molar-refractivity contribution >= 4 is 6.03 Å². The second kappa shape index (κ2) is 6.06. The van der Waals surface area contributed by atoms with Crippen molar-refractivity contribution in [3.63, 3.8) is 0 Å². The zero-order valence-corrected chi connectivity index (χ0v) is 11.8. The van der Waals surface area contributed by atoms with E-state index >= 15 is 0 Å². The molecule has 0 aliphatic carbocycles. The predicted octanol–water partition coefficient (Wildman–Crippen LogP) is 1.13.